The summed E-state index contributed by atoms with van der Waals surface area (Å²) in [5.74, 6) is 0. The van der Waals surface area contributed by atoms with Gasteiger partial charge in [-0.2, -0.15) is 0 Å². The Bertz CT molecular complexity index is 5440. The topological polar surface area (TPSA) is 14.8 Å². The molecule has 0 fully saturated rings. The van der Waals surface area contributed by atoms with Crippen LogP contribution in [-0.4, -0.2) is 13.7 Å². The van der Waals surface area contributed by atoms with Crippen LogP contribution in [0, 0.1) is 0 Å². The van der Waals surface area contributed by atoms with Crippen molar-refractivity contribution in [3.8, 4) is 39.3 Å². The van der Waals surface area contributed by atoms with Crippen LogP contribution in [0.3, 0.4) is 0 Å². The van der Waals surface area contributed by atoms with Gasteiger partial charge >= 0.3 is 0 Å². The third-order valence-electron chi connectivity index (χ3n) is 9.40. The number of benzene rings is 9. The van der Waals surface area contributed by atoms with Crippen LogP contribution < -0.4 is 0 Å². The van der Waals surface area contributed by atoms with E-state index in [0.29, 0.717) is 4.57 Å². The standard InChI is InChI=1S/C54H35N3/c1-2-14-36(15-3-1)37-16-12-17-38(32-37)39-18-13-19-40(33-39)56-51-26-10-6-22-45(51)47-31-29-42(35-53(47)56)57-52-27-11-7-23-46(52)48-30-28-41(34-54(48)57)55-49-24-8-4-20-43(49)44-21-5-9-25-50(44)55/h1-35H/i1D,2D,3D,4D,5D,6D,7D,8D,9D,10D,11D,12D,13D,14D,15D,16D,17D,18D,19D,20D,21D,22D,23D,24D,26D,27D,28D,29D,30D,31D,32D,33D,35D. The van der Waals surface area contributed by atoms with Gasteiger partial charge < -0.3 is 13.7 Å². The third kappa shape index (κ3) is 4.86. The highest BCUT2D eigenvalue weighted by Gasteiger charge is 2.19. The lowest BCUT2D eigenvalue weighted by molar-refractivity contribution is 1.14. The summed E-state index contributed by atoms with van der Waals surface area (Å²) in [6.07, 6.45) is 0. The van der Waals surface area contributed by atoms with E-state index in [1.54, 1.807) is 0 Å². The van der Waals surface area contributed by atoms with Crippen LogP contribution in [-0.2, 0) is 0 Å². The first-order chi connectivity index (χ1) is 42.0. The number of aromatic nitrogens is 3. The first-order valence-electron chi connectivity index (χ1n) is 33.4. The Kier molecular flexibility index (Phi) is 2.90. The molecule has 3 heteroatoms. The van der Waals surface area contributed by atoms with E-state index in [1.807, 2.05) is 0 Å². The summed E-state index contributed by atoms with van der Waals surface area (Å²) in [4.78, 5) is 0. The minimum Gasteiger partial charge on any atom is -0.309 e. The molecule has 0 radical (unpaired) electrons. The molecule has 0 saturated heterocycles. The minimum absolute atomic E-state index is 0.261. The second kappa shape index (κ2) is 12.5. The van der Waals surface area contributed by atoms with Gasteiger partial charge in [0, 0.05) is 49.4 Å². The molecule has 9 aromatic carbocycles. The monoisotopic (exact) mass is 758 g/mol. The van der Waals surface area contributed by atoms with Crippen molar-refractivity contribution in [3.63, 3.8) is 0 Å². The molecule has 0 N–H and O–H groups in total. The van der Waals surface area contributed by atoms with Crippen LogP contribution in [0.25, 0.3) is 105 Å². The number of hydrogen-bond donors (Lipinski definition) is 0. The molecule has 0 saturated carbocycles. The zero-order valence-corrected chi connectivity index (χ0v) is 28.5. The molecule has 0 aliphatic heterocycles. The van der Waals surface area contributed by atoms with E-state index in [1.165, 1.54) is 0 Å². The Morgan fingerprint density at radius 1 is 0.263 bits per heavy atom. The first kappa shape index (κ1) is 13.3. The summed E-state index contributed by atoms with van der Waals surface area (Å²) in [5, 5.41) is -2.99. The molecule has 0 bridgehead atoms. The Morgan fingerprint density at radius 3 is 1.39 bits per heavy atom. The van der Waals surface area contributed by atoms with Gasteiger partial charge in [-0.25, -0.2) is 0 Å². The van der Waals surface area contributed by atoms with Gasteiger partial charge in [0.1, 0.15) is 0 Å². The number of nitrogens with zero attached hydrogens (tertiary/aromatic N) is 3. The molecular weight excluding hydrogens is 691 g/mol. The van der Waals surface area contributed by atoms with Gasteiger partial charge in [-0.3, -0.25) is 0 Å². The van der Waals surface area contributed by atoms with Crippen LogP contribution in [0.2, 0.25) is 0 Å². The highest BCUT2D eigenvalue weighted by Crippen LogP contribution is 2.39. The Morgan fingerprint density at radius 2 is 0.702 bits per heavy atom. The molecule has 0 atom stereocenters. The number of fused-ring (bicyclic) bond motifs is 9. The van der Waals surface area contributed by atoms with E-state index >= 15 is 0 Å². The van der Waals surface area contributed by atoms with Gasteiger partial charge in [-0.1, -0.05) is 145 Å². The highest BCUT2D eigenvalue weighted by atomic mass is 15.0. The van der Waals surface area contributed by atoms with Crippen molar-refractivity contribution in [1.29, 1.82) is 0 Å². The Labute approximate surface area is 375 Å². The quantitative estimate of drug-likeness (QED) is 0.166. The predicted octanol–water partition coefficient (Wildman–Crippen LogP) is 14.3. The zero-order valence-electron chi connectivity index (χ0n) is 61.5. The maximum Gasteiger partial charge on any atom is 0.0667 e. The molecule has 3 heterocycles. The van der Waals surface area contributed by atoms with Crippen LogP contribution in [0.5, 0.6) is 0 Å². The van der Waals surface area contributed by atoms with Gasteiger partial charge in [-0.05, 0) is 88.8 Å². The molecule has 12 rings (SSSR count). The number of hydrogen-bond acceptors (Lipinski definition) is 0. The fourth-order valence-electron chi connectivity index (χ4n) is 7.03. The molecule has 0 aliphatic carbocycles. The molecule has 0 spiro atoms. The lowest BCUT2D eigenvalue weighted by Gasteiger charge is -2.13. The predicted molar refractivity (Wildman–Crippen MR) is 240 cm³/mol. The average molecular weight is 759 g/mol. The van der Waals surface area contributed by atoms with Crippen molar-refractivity contribution < 1.29 is 45.2 Å². The van der Waals surface area contributed by atoms with Crippen molar-refractivity contribution >= 4 is 65.4 Å². The van der Waals surface area contributed by atoms with Gasteiger partial charge in [0.15, 0.2) is 0 Å². The second-order valence-corrected chi connectivity index (χ2v) is 12.4. The van der Waals surface area contributed by atoms with E-state index in [0.717, 1.165) is 21.3 Å². The van der Waals surface area contributed by atoms with Crippen molar-refractivity contribution in [2.75, 3.05) is 0 Å². The Hall–Kier alpha value is -7.62. The van der Waals surface area contributed by atoms with Gasteiger partial charge in [0.25, 0.3) is 0 Å². The molecule has 266 valence electrons. The largest absolute Gasteiger partial charge is 0.309 e. The molecule has 12 aromatic rings. The summed E-state index contributed by atoms with van der Waals surface area (Å²) >= 11 is 0. The Balaban J connectivity index is 1.30. The van der Waals surface area contributed by atoms with Gasteiger partial charge in [0.2, 0.25) is 0 Å². The van der Waals surface area contributed by atoms with Crippen molar-refractivity contribution in [3.05, 3.63) is 212 Å². The molecule has 57 heavy (non-hydrogen) atoms. The van der Waals surface area contributed by atoms with Crippen LogP contribution >= 0.6 is 0 Å². The van der Waals surface area contributed by atoms with E-state index in [9.17, 15) is 19.2 Å². The molecule has 0 unspecified atom stereocenters. The summed E-state index contributed by atoms with van der Waals surface area (Å²) in [6.45, 7) is 0. The van der Waals surface area contributed by atoms with E-state index in [-0.39, 0.29) is 16.3 Å². The first-order valence-corrected chi connectivity index (χ1v) is 16.9. The van der Waals surface area contributed by atoms with E-state index in [2.05, 4.69) is 0 Å². The number of rotatable bonds is 5. The SMILES string of the molecule is [2H]c1cc2c(c([2H])c1[2H])c1c([2H])c([2H])c([2H])c([2H])c1n2-c1cc2c(c([2H])c1[2H])c1c([2H])c([2H])c([2H])c([2H])c1n2-c1c([2H])c([2H])c2c3c([2H])c([2H])c([2H])c([2H])c3n(-c3c([2H])c([2H])c([2H])c(-c4c([2H])c([2H])c([2H])c(-c5c([2H])c([2H])c([2H])c([2H])c5[2H])c4[2H])c3[2H])c2c1[2H]. The normalized spacial score (nSPS) is 20.0. The maximum absolute atomic E-state index is 10.4. The third-order valence-corrected chi connectivity index (χ3v) is 9.40. The van der Waals surface area contributed by atoms with Crippen molar-refractivity contribution in [2.24, 2.45) is 0 Å². The molecule has 3 nitrogen and oxygen atoms in total. The van der Waals surface area contributed by atoms with Crippen LogP contribution in [0.4, 0.5) is 0 Å². The smallest absolute Gasteiger partial charge is 0.0667 e. The highest BCUT2D eigenvalue weighted by molar-refractivity contribution is 6.13. The second-order valence-electron chi connectivity index (χ2n) is 12.4. The van der Waals surface area contributed by atoms with Crippen molar-refractivity contribution in [2.45, 2.75) is 0 Å². The van der Waals surface area contributed by atoms with E-state index in [4.69, 9.17) is 26.0 Å². The molecular formula is C54H35N3. The van der Waals surface area contributed by atoms with Crippen molar-refractivity contribution in [1.82, 2.24) is 13.7 Å². The summed E-state index contributed by atoms with van der Waals surface area (Å²) in [7, 11) is 0. The fourth-order valence-corrected chi connectivity index (χ4v) is 7.03. The maximum atomic E-state index is 10.4. The number of para-hydroxylation sites is 4. The lowest BCUT2D eigenvalue weighted by Crippen LogP contribution is -1.98. The molecule has 0 amide bonds. The van der Waals surface area contributed by atoms with E-state index < -0.39 is 288 Å². The zero-order chi connectivity index (χ0) is 66.2. The summed E-state index contributed by atoms with van der Waals surface area (Å²) < 4.78 is 303. The van der Waals surface area contributed by atoms with Gasteiger partial charge in [0.05, 0.1) is 78.3 Å². The van der Waals surface area contributed by atoms with Crippen LogP contribution in [0.1, 0.15) is 45.2 Å². The average Bonchev–Trinajstić information content (AvgIpc) is 1.51. The van der Waals surface area contributed by atoms with Gasteiger partial charge in [-0.15, -0.1) is 0 Å². The summed E-state index contributed by atoms with van der Waals surface area (Å²) in [6, 6.07) is -28.7. The minimum atomic E-state index is -1.17. The molecule has 0 aliphatic rings. The fraction of sp³-hybridized carbons (Fsp3) is 0. The van der Waals surface area contributed by atoms with Crippen LogP contribution in [0.15, 0.2) is 212 Å². The summed E-state index contributed by atoms with van der Waals surface area (Å²) in [5.41, 5.74) is -9.36. The molecule has 3 aromatic heterocycles. The lowest BCUT2D eigenvalue weighted by atomic mass is 9.99.